The molecule has 0 aromatic heterocycles. The summed E-state index contributed by atoms with van der Waals surface area (Å²) in [6, 6.07) is 0. The van der Waals surface area contributed by atoms with Crippen molar-refractivity contribution < 1.29 is 14.6 Å². The van der Waals surface area contributed by atoms with Gasteiger partial charge in [-0.15, -0.1) is 0 Å². The van der Waals surface area contributed by atoms with E-state index in [1.165, 1.54) is 6.92 Å². The second kappa shape index (κ2) is 9.97. The van der Waals surface area contributed by atoms with E-state index in [0.29, 0.717) is 6.61 Å². The Morgan fingerprint density at radius 2 is 1.80 bits per heavy atom. The monoisotopic (exact) mass is 216 g/mol. The highest BCUT2D eigenvalue weighted by atomic mass is 16.5. The molecule has 0 bridgehead atoms. The normalized spacial score (nSPS) is 12.5. The number of rotatable bonds is 9. The Morgan fingerprint density at radius 3 is 2.40 bits per heavy atom. The number of carbonyl (C=O) groups excluding carboxylic acids is 1. The molecule has 0 aromatic rings. The third kappa shape index (κ3) is 11.4. The second-order valence-corrected chi connectivity index (χ2v) is 3.96. The van der Waals surface area contributed by atoms with E-state index in [1.807, 2.05) is 6.92 Å². The topological polar surface area (TPSA) is 46.5 Å². The molecule has 0 saturated carbocycles. The fraction of sp³-hybridized carbons (Fsp3) is 0.917. The maximum Gasteiger partial charge on any atom is 0.302 e. The number of esters is 1. The Bertz CT molecular complexity index is 157. The summed E-state index contributed by atoms with van der Waals surface area (Å²) in [4.78, 5) is 10.4. The minimum atomic E-state index is -0.193. The first-order valence-corrected chi connectivity index (χ1v) is 5.98. The van der Waals surface area contributed by atoms with Crippen molar-refractivity contribution in [3.05, 3.63) is 0 Å². The summed E-state index contributed by atoms with van der Waals surface area (Å²) in [6.07, 6.45) is 7.14. The van der Waals surface area contributed by atoms with Crippen LogP contribution in [0, 0.1) is 0 Å². The lowest BCUT2D eigenvalue weighted by molar-refractivity contribution is -0.141. The quantitative estimate of drug-likeness (QED) is 0.476. The number of carbonyl (C=O) groups is 1. The van der Waals surface area contributed by atoms with Crippen molar-refractivity contribution in [2.24, 2.45) is 0 Å². The zero-order chi connectivity index (χ0) is 11.5. The van der Waals surface area contributed by atoms with Crippen LogP contribution in [0.5, 0.6) is 0 Å². The number of unbranched alkanes of at least 4 members (excludes halogenated alkanes) is 4. The van der Waals surface area contributed by atoms with Crippen molar-refractivity contribution in [3.8, 4) is 0 Å². The maximum atomic E-state index is 10.4. The van der Waals surface area contributed by atoms with Crippen LogP contribution in [0.15, 0.2) is 0 Å². The average Bonchev–Trinajstić information content (AvgIpc) is 2.21. The van der Waals surface area contributed by atoms with Crippen molar-refractivity contribution >= 4 is 5.97 Å². The fourth-order valence-corrected chi connectivity index (χ4v) is 1.43. The molecular formula is C12H24O3. The van der Waals surface area contributed by atoms with Gasteiger partial charge in [0.2, 0.25) is 0 Å². The summed E-state index contributed by atoms with van der Waals surface area (Å²) in [5.74, 6) is -0.193. The predicted octanol–water partition coefficient (Wildman–Crippen LogP) is 2.66. The summed E-state index contributed by atoms with van der Waals surface area (Å²) in [6.45, 7) is 3.99. The molecule has 0 fully saturated rings. The summed E-state index contributed by atoms with van der Waals surface area (Å²) in [5.41, 5.74) is 0. The van der Waals surface area contributed by atoms with E-state index in [2.05, 4.69) is 0 Å². The molecule has 0 aliphatic rings. The first-order chi connectivity index (χ1) is 7.16. The summed E-state index contributed by atoms with van der Waals surface area (Å²) in [5, 5.41) is 9.30. The van der Waals surface area contributed by atoms with Crippen molar-refractivity contribution in [2.75, 3.05) is 6.61 Å². The fourth-order valence-electron chi connectivity index (χ4n) is 1.43. The van der Waals surface area contributed by atoms with Crippen LogP contribution in [-0.2, 0) is 9.53 Å². The lowest BCUT2D eigenvalue weighted by atomic mass is 10.1. The first kappa shape index (κ1) is 14.4. The zero-order valence-electron chi connectivity index (χ0n) is 10.00. The minimum Gasteiger partial charge on any atom is -0.466 e. The van der Waals surface area contributed by atoms with Gasteiger partial charge in [-0.3, -0.25) is 4.79 Å². The standard InChI is InChI=1S/C12H24O3/c1-3-12(14)9-7-5-4-6-8-10-15-11(2)13/h12,14H,3-10H2,1-2H3. The number of hydrogen-bond acceptors (Lipinski definition) is 3. The molecule has 0 rings (SSSR count). The van der Waals surface area contributed by atoms with Gasteiger partial charge in [-0.05, 0) is 19.3 Å². The van der Waals surface area contributed by atoms with Gasteiger partial charge in [-0.25, -0.2) is 0 Å². The minimum absolute atomic E-state index is 0.119. The molecule has 0 saturated heterocycles. The summed E-state index contributed by atoms with van der Waals surface area (Å²) in [7, 11) is 0. The van der Waals surface area contributed by atoms with Gasteiger partial charge in [-0.2, -0.15) is 0 Å². The van der Waals surface area contributed by atoms with Crippen LogP contribution in [-0.4, -0.2) is 23.8 Å². The lowest BCUT2D eigenvalue weighted by Gasteiger charge is -2.06. The second-order valence-electron chi connectivity index (χ2n) is 3.96. The third-order valence-corrected chi connectivity index (χ3v) is 2.46. The molecular weight excluding hydrogens is 192 g/mol. The Balaban J connectivity index is 3.02. The van der Waals surface area contributed by atoms with Gasteiger partial charge in [0.25, 0.3) is 0 Å². The molecule has 0 heterocycles. The molecule has 0 aliphatic carbocycles. The van der Waals surface area contributed by atoms with Gasteiger partial charge in [0.1, 0.15) is 0 Å². The highest BCUT2D eigenvalue weighted by Gasteiger charge is 1.99. The van der Waals surface area contributed by atoms with Gasteiger partial charge in [0.05, 0.1) is 12.7 Å². The van der Waals surface area contributed by atoms with E-state index in [1.54, 1.807) is 0 Å². The van der Waals surface area contributed by atoms with Gasteiger partial charge in [0.15, 0.2) is 0 Å². The lowest BCUT2D eigenvalue weighted by Crippen LogP contribution is -2.03. The first-order valence-electron chi connectivity index (χ1n) is 5.98. The maximum absolute atomic E-state index is 10.4. The van der Waals surface area contributed by atoms with Gasteiger partial charge < -0.3 is 9.84 Å². The molecule has 0 aromatic carbocycles. The molecule has 1 atom stereocenters. The Kier molecular flexibility index (Phi) is 9.59. The Labute approximate surface area is 92.8 Å². The smallest absolute Gasteiger partial charge is 0.302 e. The number of aliphatic hydroxyl groups is 1. The molecule has 0 spiro atoms. The number of ether oxygens (including phenoxy) is 1. The summed E-state index contributed by atoms with van der Waals surface area (Å²) >= 11 is 0. The highest BCUT2D eigenvalue weighted by Crippen LogP contribution is 2.08. The zero-order valence-corrected chi connectivity index (χ0v) is 10.00. The molecule has 0 radical (unpaired) electrons. The van der Waals surface area contributed by atoms with Crippen molar-refractivity contribution in [1.82, 2.24) is 0 Å². The van der Waals surface area contributed by atoms with Crippen molar-refractivity contribution in [3.63, 3.8) is 0 Å². The largest absolute Gasteiger partial charge is 0.466 e. The third-order valence-electron chi connectivity index (χ3n) is 2.46. The van der Waals surface area contributed by atoms with Crippen LogP contribution >= 0.6 is 0 Å². The van der Waals surface area contributed by atoms with E-state index in [-0.39, 0.29) is 12.1 Å². The van der Waals surface area contributed by atoms with Crippen molar-refractivity contribution in [1.29, 1.82) is 0 Å². The molecule has 1 N–H and O–H groups in total. The van der Waals surface area contributed by atoms with E-state index < -0.39 is 0 Å². The van der Waals surface area contributed by atoms with Crippen LogP contribution in [0.2, 0.25) is 0 Å². The molecule has 0 aliphatic heterocycles. The van der Waals surface area contributed by atoms with E-state index in [0.717, 1.165) is 44.9 Å². The van der Waals surface area contributed by atoms with E-state index in [9.17, 15) is 9.90 Å². The number of aliphatic hydroxyl groups excluding tert-OH is 1. The SMILES string of the molecule is CCC(O)CCCCCCCOC(C)=O. The molecule has 1 unspecified atom stereocenters. The molecule has 3 heteroatoms. The Hall–Kier alpha value is -0.570. The van der Waals surface area contributed by atoms with Gasteiger partial charge >= 0.3 is 5.97 Å². The van der Waals surface area contributed by atoms with Gasteiger partial charge in [0, 0.05) is 6.92 Å². The molecule has 15 heavy (non-hydrogen) atoms. The predicted molar refractivity (Wildman–Crippen MR) is 60.6 cm³/mol. The molecule has 3 nitrogen and oxygen atoms in total. The van der Waals surface area contributed by atoms with Crippen LogP contribution in [0.1, 0.15) is 58.8 Å². The van der Waals surface area contributed by atoms with E-state index >= 15 is 0 Å². The Morgan fingerprint density at radius 1 is 1.20 bits per heavy atom. The van der Waals surface area contributed by atoms with Crippen LogP contribution < -0.4 is 0 Å². The van der Waals surface area contributed by atoms with Crippen LogP contribution in [0.4, 0.5) is 0 Å². The average molecular weight is 216 g/mol. The summed E-state index contributed by atoms with van der Waals surface area (Å²) < 4.78 is 4.83. The van der Waals surface area contributed by atoms with E-state index in [4.69, 9.17) is 4.74 Å². The van der Waals surface area contributed by atoms with Crippen LogP contribution in [0.25, 0.3) is 0 Å². The highest BCUT2D eigenvalue weighted by molar-refractivity contribution is 5.65. The van der Waals surface area contributed by atoms with Crippen molar-refractivity contribution in [2.45, 2.75) is 64.9 Å². The van der Waals surface area contributed by atoms with Gasteiger partial charge in [-0.1, -0.05) is 32.6 Å². The van der Waals surface area contributed by atoms with Crippen LogP contribution in [0.3, 0.4) is 0 Å². The molecule has 0 amide bonds. The molecule has 90 valence electrons. The number of hydrogen-bond donors (Lipinski definition) is 1.